The first-order valence-corrected chi connectivity index (χ1v) is 10.0. The van der Waals surface area contributed by atoms with Crippen molar-refractivity contribution in [1.29, 1.82) is 5.26 Å². The summed E-state index contributed by atoms with van der Waals surface area (Å²) in [6, 6.07) is 27.3. The number of benzene rings is 3. The molecule has 0 amide bonds. The van der Waals surface area contributed by atoms with Crippen molar-refractivity contribution in [1.82, 2.24) is 4.98 Å². The van der Waals surface area contributed by atoms with E-state index in [1.54, 1.807) is 0 Å². The summed E-state index contributed by atoms with van der Waals surface area (Å²) in [5.74, 6) is 0. The molecule has 0 saturated heterocycles. The Bertz CT molecular complexity index is 1240. The first-order chi connectivity index (χ1) is 13.8. The molecule has 0 fully saturated rings. The van der Waals surface area contributed by atoms with Gasteiger partial charge < -0.3 is 0 Å². The van der Waals surface area contributed by atoms with Crippen LogP contribution in [0.5, 0.6) is 0 Å². The van der Waals surface area contributed by atoms with Gasteiger partial charge in [0.1, 0.15) is 11.1 Å². The average molecular weight is 376 g/mol. The van der Waals surface area contributed by atoms with Crippen LogP contribution in [0.3, 0.4) is 0 Å². The SMILES string of the molecule is N#C/C(=C\c1ccccc1)c1nc(-c2ccc3c(c2)Cc2ccccc2-3)cs1. The molecule has 1 heterocycles. The van der Waals surface area contributed by atoms with Crippen LogP contribution in [0, 0.1) is 11.3 Å². The molecule has 0 unspecified atom stereocenters. The molecule has 1 aromatic heterocycles. The van der Waals surface area contributed by atoms with Crippen LogP contribution in [-0.4, -0.2) is 4.98 Å². The Kier molecular flexibility index (Phi) is 4.12. The number of hydrogen-bond donors (Lipinski definition) is 0. The number of hydrogen-bond acceptors (Lipinski definition) is 3. The summed E-state index contributed by atoms with van der Waals surface area (Å²) in [6.45, 7) is 0. The summed E-state index contributed by atoms with van der Waals surface area (Å²) < 4.78 is 0. The summed E-state index contributed by atoms with van der Waals surface area (Å²) in [6.07, 6.45) is 2.86. The Morgan fingerprint density at radius 1 is 0.929 bits per heavy atom. The summed E-state index contributed by atoms with van der Waals surface area (Å²) in [7, 11) is 0. The number of allylic oxidation sites excluding steroid dienone is 1. The molecule has 2 nitrogen and oxygen atoms in total. The first kappa shape index (κ1) is 16.7. The molecule has 4 aromatic rings. The van der Waals surface area contributed by atoms with Crippen molar-refractivity contribution < 1.29 is 0 Å². The Hall–Kier alpha value is -3.48. The molecule has 0 spiro atoms. The van der Waals surface area contributed by atoms with E-state index in [-0.39, 0.29) is 0 Å². The lowest BCUT2D eigenvalue weighted by Crippen LogP contribution is -1.85. The fourth-order valence-electron chi connectivity index (χ4n) is 3.69. The number of rotatable bonds is 3. The van der Waals surface area contributed by atoms with Crippen molar-refractivity contribution in [2.24, 2.45) is 0 Å². The number of nitriles is 1. The minimum absolute atomic E-state index is 0.594. The van der Waals surface area contributed by atoms with Gasteiger partial charge in [-0.1, -0.05) is 66.7 Å². The predicted octanol–water partition coefficient (Wildman–Crippen LogP) is 6.45. The maximum Gasteiger partial charge on any atom is 0.134 e. The van der Waals surface area contributed by atoms with Crippen LogP contribution < -0.4 is 0 Å². The van der Waals surface area contributed by atoms with Crippen LogP contribution in [0.4, 0.5) is 0 Å². The molecule has 0 N–H and O–H groups in total. The standard InChI is InChI=1S/C25H16N2S/c26-15-21(12-17-6-2-1-3-7-17)25-27-24(16-28-25)19-10-11-23-20(14-19)13-18-8-4-5-9-22(18)23/h1-12,14,16H,13H2/b21-12+. The Balaban J connectivity index is 1.48. The second kappa shape index (κ2) is 6.92. The van der Waals surface area contributed by atoms with Crippen LogP contribution in [0.25, 0.3) is 34.0 Å². The van der Waals surface area contributed by atoms with Gasteiger partial charge in [0.05, 0.1) is 11.3 Å². The summed E-state index contributed by atoms with van der Waals surface area (Å²) in [5.41, 5.74) is 9.00. The fourth-order valence-corrected chi connectivity index (χ4v) is 4.49. The molecule has 28 heavy (non-hydrogen) atoms. The van der Waals surface area contributed by atoms with Gasteiger partial charge >= 0.3 is 0 Å². The van der Waals surface area contributed by atoms with E-state index in [1.165, 1.54) is 33.6 Å². The van der Waals surface area contributed by atoms with Gasteiger partial charge in [-0.15, -0.1) is 11.3 Å². The van der Waals surface area contributed by atoms with Crippen LogP contribution in [-0.2, 0) is 6.42 Å². The summed E-state index contributed by atoms with van der Waals surface area (Å²) in [4.78, 5) is 4.75. The molecule has 0 atom stereocenters. The summed E-state index contributed by atoms with van der Waals surface area (Å²) in [5, 5.41) is 12.4. The van der Waals surface area contributed by atoms with E-state index in [9.17, 15) is 5.26 Å². The molecule has 132 valence electrons. The molecule has 0 bridgehead atoms. The van der Waals surface area contributed by atoms with Gasteiger partial charge in [0.15, 0.2) is 0 Å². The third-order valence-corrected chi connectivity index (χ3v) is 5.93. The van der Waals surface area contributed by atoms with E-state index in [0.717, 1.165) is 28.2 Å². The zero-order valence-corrected chi connectivity index (χ0v) is 15.9. The van der Waals surface area contributed by atoms with E-state index in [4.69, 9.17) is 4.98 Å². The maximum absolute atomic E-state index is 9.60. The Morgan fingerprint density at radius 3 is 2.57 bits per heavy atom. The van der Waals surface area contributed by atoms with Gasteiger partial charge in [0, 0.05) is 10.9 Å². The number of fused-ring (bicyclic) bond motifs is 3. The van der Waals surface area contributed by atoms with Crippen molar-refractivity contribution in [3.8, 4) is 28.5 Å². The molecule has 1 aliphatic rings. The lowest BCUT2D eigenvalue weighted by atomic mass is 10.0. The largest absolute Gasteiger partial charge is 0.235 e. The van der Waals surface area contributed by atoms with Crippen molar-refractivity contribution >= 4 is 23.0 Å². The van der Waals surface area contributed by atoms with Crippen LogP contribution in [0.15, 0.2) is 78.2 Å². The topological polar surface area (TPSA) is 36.7 Å². The summed E-state index contributed by atoms with van der Waals surface area (Å²) >= 11 is 1.52. The van der Waals surface area contributed by atoms with Crippen molar-refractivity contribution in [2.45, 2.75) is 6.42 Å². The van der Waals surface area contributed by atoms with E-state index in [1.807, 2.05) is 41.8 Å². The molecule has 1 aliphatic carbocycles. The molecule has 3 heteroatoms. The Labute approximate surface area is 168 Å². The molecule has 0 saturated carbocycles. The number of aromatic nitrogens is 1. The second-order valence-electron chi connectivity index (χ2n) is 6.82. The van der Waals surface area contributed by atoms with Crippen LogP contribution in [0.1, 0.15) is 21.7 Å². The molecular formula is C25H16N2S. The monoisotopic (exact) mass is 376 g/mol. The third kappa shape index (κ3) is 2.94. The van der Waals surface area contributed by atoms with Gasteiger partial charge in [-0.3, -0.25) is 0 Å². The Morgan fingerprint density at radius 2 is 1.71 bits per heavy atom. The van der Waals surface area contributed by atoms with Crippen LogP contribution >= 0.6 is 11.3 Å². The van der Waals surface area contributed by atoms with E-state index >= 15 is 0 Å². The van der Waals surface area contributed by atoms with Crippen molar-refractivity contribution in [3.05, 3.63) is 99.9 Å². The first-order valence-electron chi connectivity index (χ1n) is 9.16. The maximum atomic E-state index is 9.60. The number of nitrogens with zero attached hydrogens (tertiary/aromatic N) is 2. The normalized spacial score (nSPS) is 12.3. The molecule has 0 aliphatic heterocycles. The average Bonchev–Trinajstić information content (AvgIpc) is 3.37. The zero-order chi connectivity index (χ0) is 18.9. The van der Waals surface area contributed by atoms with Crippen LogP contribution in [0.2, 0.25) is 0 Å². The molecule has 0 radical (unpaired) electrons. The molecular weight excluding hydrogens is 360 g/mol. The minimum atomic E-state index is 0.594. The van der Waals surface area contributed by atoms with Gasteiger partial charge in [-0.2, -0.15) is 5.26 Å². The van der Waals surface area contributed by atoms with E-state index in [2.05, 4.69) is 48.5 Å². The quantitative estimate of drug-likeness (QED) is 0.339. The highest BCUT2D eigenvalue weighted by Gasteiger charge is 2.19. The fraction of sp³-hybridized carbons (Fsp3) is 0.0400. The molecule has 3 aromatic carbocycles. The van der Waals surface area contributed by atoms with Crippen molar-refractivity contribution in [3.63, 3.8) is 0 Å². The van der Waals surface area contributed by atoms with Crippen molar-refractivity contribution in [2.75, 3.05) is 0 Å². The zero-order valence-electron chi connectivity index (χ0n) is 15.1. The minimum Gasteiger partial charge on any atom is -0.235 e. The van der Waals surface area contributed by atoms with Gasteiger partial charge in [0.25, 0.3) is 0 Å². The third-order valence-electron chi connectivity index (χ3n) is 5.06. The lowest BCUT2D eigenvalue weighted by molar-refractivity contribution is 1.26. The highest BCUT2D eigenvalue weighted by molar-refractivity contribution is 7.11. The highest BCUT2D eigenvalue weighted by atomic mass is 32.1. The lowest BCUT2D eigenvalue weighted by Gasteiger charge is -2.03. The highest BCUT2D eigenvalue weighted by Crippen LogP contribution is 2.38. The smallest absolute Gasteiger partial charge is 0.134 e. The van der Waals surface area contributed by atoms with Gasteiger partial charge in [-0.25, -0.2) is 4.98 Å². The van der Waals surface area contributed by atoms with Gasteiger partial charge in [-0.05, 0) is 46.4 Å². The van der Waals surface area contributed by atoms with E-state index in [0.29, 0.717) is 5.57 Å². The van der Waals surface area contributed by atoms with Gasteiger partial charge in [0.2, 0.25) is 0 Å². The van der Waals surface area contributed by atoms with E-state index < -0.39 is 0 Å². The second-order valence-corrected chi connectivity index (χ2v) is 7.68. The predicted molar refractivity (Wildman–Crippen MR) is 116 cm³/mol. The number of thiazole rings is 1. The molecule has 5 rings (SSSR count).